The van der Waals surface area contributed by atoms with E-state index in [-0.39, 0.29) is 6.04 Å². The number of carbonyl (C=O) groups excluding carboxylic acids is 1. The highest BCUT2D eigenvalue weighted by Crippen LogP contribution is 2.34. The van der Waals surface area contributed by atoms with Crippen LogP contribution < -0.4 is 5.73 Å². The average Bonchev–Trinajstić information content (AvgIpc) is 3.13. The molecular formula is C14H18N2O. The van der Waals surface area contributed by atoms with Gasteiger partial charge >= 0.3 is 0 Å². The van der Waals surface area contributed by atoms with Gasteiger partial charge in [0, 0.05) is 31.0 Å². The van der Waals surface area contributed by atoms with E-state index < -0.39 is 0 Å². The summed E-state index contributed by atoms with van der Waals surface area (Å²) in [6.07, 6.45) is 2.14. The Bertz CT molecular complexity index is 413. The van der Waals surface area contributed by atoms with E-state index in [4.69, 9.17) is 5.73 Å². The first-order valence-electron chi connectivity index (χ1n) is 6.35. The molecule has 17 heavy (non-hydrogen) atoms. The lowest BCUT2D eigenvalue weighted by Crippen LogP contribution is -2.33. The minimum atomic E-state index is 0.0834. The molecule has 0 unspecified atom stereocenters. The lowest BCUT2D eigenvalue weighted by atomic mass is 9.95. The van der Waals surface area contributed by atoms with Gasteiger partial charge in [-0.25, -0.2) is 0 Å². The molecule has 1 heterocycles. The monoisotopic (exact) mass is 230 g/mol. The number of rotatable bonds is 2. The summed E-state index contributed by atoms with van der Waals surface area (Å²) in [6, 6.07) is 10.4. The summed E-state index contributed by atoms with van der Waals surface area (Å²) in [5, 5.41) is 0. The number of amides is 1. The zero-order chi connectivity index (χ0) is 11.8. The molecule has 3 rings (SSSR count). The van der Waals surface area contributed by atoms with Gasteiger partial charge in [0.25, 0.3) is 0 Å². The Labute approximate surface area is 102 Å². The van der Waals surface area contributed by atoms with Crippen molar-refractivity contribution in [2.45, 2.75) is 24.8 Å². The Kier molecular flexibility index (Phi) is 2.63. The maximum absolute atomic E-state index is 12.0. The van der Waals surface area contributed by atoms with Gasteiger partial charge in [0.15, 0.2) is 0 Å². The van der Waals surface area contributed by atoms with Gasteiger partial charge in [-0.3, -0.25) is 4.79 Å². The largest absolute Gasteiger partial charge is 0.340 e. The fourth-order valence-electron chi connectivity index (χ4n) is 2.65. The minimum Gasteiger partial charge on any atom is -0.340 e. The molecular weight excluding hydrogens is 212 g/mol. The third-order valence-corrected chi connectivity index (χ3v) is 3.83. The van der Waals surface area contributed by atoms with Crippen LogP contribution in [0.1, 0.15) is 24.3 Å². The van der Waals surface area contributed by atoms with Crippen molar-refractivity contribution in [1.29, 1.82) is 0 Å². The first-order valence-corrected chi connectivity index (χ1v) is 6.35. The minimum absolute atomic E-state index is 0.0834. The number of benzene rings is 1. The second kappa shape index (κ2) is 4.15. The van der Waals surface area contributed by atoms with Gasteiger partial charge in [-0.2, -0.15) is 0 Å². The van der Waals surface area contributed by atoms with Crippen LogP contribution in [0.4, 0.5) is 0 Å². The van der Waals surface area contributed by atoms with Crippen LogP contribution in [0.3, 0.4) is 0 Å². The Morgan fingerprint density at radius 2 is 1.88 bits per heavy atom. The molecule has 3 heteroatoms. The van der Waals surface area contributed by atoms with Crippen LogP contribution in [0.5, 0.6) is 0 Å². The second-order valence-corrected chi connectivity index (χ2v) is 5.20. The molecule has 1 aliphatic carbocycles. The molecule has 1 amide bonds. The normalized spacial score (nSPS) is 28.4. The molecule has 1 saturated carbocycles. The number of nitrogens with zero attached hydrogens (tertiary/aromatic N) is 1. The summed E-state index contributed by atoms with van der Waals surface area (Å²) in [4.78, 5) is 14.0. The molecule has 0 aromatic heterocycles. The summed E-state index contributed by atoms with van der Waals surface area (Å²) in [7, 11) is 0. The van der Waals surface area contributed by atoms with Gasteiger partial charge in [-0.15, -0.1) is 0 Å². The topological polar surface area (TPSA) is 46.3 Å². The van der Waals surface area contributed by atoms with Gasteiger partial charge in [0.1, 0.15) is 0 Å². The van der Waals surface area contributed by atoms with Crippen molar-refractivity contribution < 1.29 is 4.79 Å². The van der Waals surface area contributed by atoms with Gasteiger partial charge in [0.2, 0.25) is 5.91 Å². The highest BCUT2D eigenvalue weighted by molar-refractivity contribution is 5.81. The maximum Gasteiger partial charge on any atom is 0.225 e. The van der Waals surface area contributed by atoms with Crippen molar-refractivity contribution in [3.05, 3.63) is 35.9 Å². The molecule has 1 aliphatic heterocycles. The lowest BCUT2D eigenvalue weighted by Gasteiger charge is -2.16. The third kappa shape index (κ3) is 2.07. The van der Waals surface area contributed by atoms with Crippen LogP contribution in [0.2, 0.25) is 0 Å². The SMILES string of the molecule is N[C@@H]1CN(C(=O)C2CC2)C[C@H]1c1ccccc1. The van der Waals surface area contributed by atoms with Gasteiger partial charge in [-0.05, 0) is 18.4 Å². The van der Waals surface area contributed by atoms with E-state index >= 15 is 0 Å². The number of hydrogen-bond acceptors (Lipinski definition) is 2. The first-order chi connectivity index (χ1) is 8.25. The Morgan fingerprint density at radius 1 is 1.18 bits per heavy atom. The fourth-order valence-corrected chi connectivity index (χ4v) is 2.65. The molecule has 2 fully saturated rings. The Balaban J connectivity index is 1.73. The van der Waals surface area contributed by atoms with Crippen molar-refractivity contribution in [1.82, 2.24) is 4.90 Å². The predicted octanol–water partition coefficient (Wildman–Crippen LogP) is 1.35. The number of likely N-dealkylation sites (tertiary alicyclic amines) is 1. The highest BCUT2D eigenvalue weighted by Gasteiger charge is 2.39. The zero-order valence-corrected chi connectivity index (χ0v) is 9.88. The van der Waals surface area contributed by atoms with Crippen molar-refractivity contribution in [3.63, 3.8) is 0 Å². The van der Waals surface area contributed by atoms with E-state index in [9.17, 15) is 4.79 Å². The summed E-state index contributed by atoms with van der Waals surface area (Å²) >= 11 is 0. The molecule has 90 valence electrons. The van der Waals surface area contributed by atoms with E-state index in [0.29, 0.717) is 17.7 Å². The molecule has 2 aliphatic rings. The summed E-state index contributed by atoms with van der Waals surface area (Å²) in [6.45, 7) is 1.51. The van der Waals surface area contributed by atoms with Crippen molar-refractivity contribution in [2.24, 2.45) is 11.7 Å². The lowest BCUT2D eigenvalue weighted by molar-refractivity contribution is -0.131. The van der Waals surface area contributed by atoms with Crippen molar-refractivity contribution in [2.75, 3.05) is 13.1 Å². The number of nitrogens with two attached hydrogens (primary N) is 1. The van der Waals surface area contributed by atoms with Crippen molar-refractivity contribution >= 4 is 5.91 Å². The van der Waals surface area contributed by atoms with Gasteiger partial charge in [0.05, 0.1) is 0 Å². The van der Waals surface area contributed by atoms with E-state index in [1.807, 2.05) is 23.1 Å². The fraction of sp³-hybridized carbons (Fsp3) is 0.500. The van der Waals surface area contributed by atoms with E-state index in [1.54, 1.807) is 0 Å². The Morgan fingerprint density at radius 3 is 2.53 bits per heavy atom. The van der Waals surface area contributed by atoms with Crippen LogP contribution in [0.15, 0.2) is 30.3 Å². The van der Waals surface area contributed by atoms with E-state index in [1.165, 1.54) is 5.56 Å². The number of hydrogen-bond donors (Lipinski definition) is 1. The quantitative estimate of drug-likeness (QED) is 0.833. The predicted molar refractivity (Wildman–Crippen MR) is 66.5 cm³/mol. The molecule has 1 aromatic rings. The summed E-state index contributed by atoms with van der Waals surface area (Å²) in [5.74, 6) is 0.925. The van der Waals surface area contributed by atoms with Crippen LogP contribution in [0.25, 0.3) is 0 Å². The first kappa shape index (κ1) is 10.8. The molecule has 0 radical (unpaired) electrons. The molecule has 0 bridgehead atoms. The third-order valence-electron chi connectivity index (χ3n) is 3.83. The molecule has 2 N–H and O–H groups in total. The molecule has 3 nitrogen and oxygen atoms in total. The molecule has 1 saturated heterocycles. The van der Waals surface area contributed by atoms with Gasteiger partial charge < -0.3 is 10.6 Å². The summed E-state index contributed by atoms with van der Waals surface area (Å²) in [5.41, 5.74) is 7.42. The van der Waals surface area contributed by atoms with Crippen LogP contribution in [0, 0.1) is 5.92 Å². The molecule has 1 aromatic carbocycles. The highest BCUT2D eigenvalue weighted by atomic mass is 16.2. The maximum atomic E-state index is 12.0. The van der Waals surface area contributed by atoms with Crippen LogP contribution >= 0.6 is 0 Å². The standard InChI is InChI=1S/C14H18N2O/c15-13-9-16(14(17)11-6-7-11)8-12(13)10-4-2-1-3-5-10/h1-5,11-13H,6-9,15H2/t12-,13+/m0/s1. The second-order valence-electron chi connectivity index (χ2n) is 5.20. The average molecular weight is 230 g/mol. The zero-order valence-electron chi connectivity index (χ0n) is 9.88. The smallest absolute Gasteiger partial charge is 0.225 e. The van der Waals surface area contributed by atoms with Crippen molar-refractivity contribution in [3.8, 4) is 0 Å². The number of carbonyl (C=O) groups is 1. The van der Waals surface area contributed by atoms with Gasteiger partial charge in [-0.1, -0.05) is 30.3 Å². The summed E-state index contributed by atoms with van der Waals surface area (Å²) < 4.78 is 0. The van der Waals surface area contributed by atoms with Crippen LogP contribution in [-0.2, 0) is 4.79 Å². The Hall–Kier alpha value is -1.35. The van der Waals surface area contributed by atoms with Crippen LogP contribution in [-0.4, -0.2) is 29.9 Å². The van der Waals surface area contributed by atoms with E-state index in [0.717, 1.165) is 25.9 Å². The molecule has 0 spiro atoms. The van der Waals surface area contributed by atoms with E-state index in [2.05, 4.69) is 12.1 Å². The molecule has 2 atom stereocenters.